The summed E-state index contributed by atoms with van der Waals surface area (Å²) in [6.07, 6.45) is 2.44. The van der Waals surface area contributed by atoms with E-state index in [0.29, 0.717) is 11.6 Å². The zero-order valence-corrected chi connectivity index (χ0v) is 9.57. The molecular formula is C11H25N. The van der Waals surface area contributed by atoms with Crippen LogP contribution in [0.3, 0.4) is 0 Å². The molecule has 0 aliphatic carbocycles. The maximum atomic E-state index is 3.69. The van der Waals surface area contributed by atoms with Crippen LogP contribution in [-0.2, 0) is 0 Å². The molecule has 0 atom stereocenters. The van der Waals surface area contributed by atoms with Gasteiger partial charge in [-0.05, 0) is 18.8 Å². The van der Waals surface area contributed by atoms with E-state index in [1.54, 1.807) is 0 Å². The summed E-state index contributed by atoms with van der Waals surface area (Å²) < 4.78 is 0. The van der Waals surface area contributed by atoms with E-state index in [9.17, 15) is 0 Å². The van der Waals surface area contributed by atoms with Crippen LogP contribution in [0.4, 0.5) is 0 Å². The normalized spacial score (nSPS) is 13.0. The summed E-state index contributed by atoms with van der Waals surface area (Å²) in [7, 11) is 0. The Hall–Kier alpha value is -0.0400. The molecule has 0 rings (SSSR count). The van der Waals surface area contributed by atoms with Crippen LogP contribution in [0.1, 0.15) is 54.4 Å². The molecule has 12 heavy (non-hydrogen) atoms. The van der Waals surface area contributed by atoms with Crippen LogP contribution in [0.2, 0.25) is 0 Å². The third kappa shape index (κ3) is 2.78. The summed E-state index contributed by atoms with van der Waals surface area (Å²) in [5.41, 5.74) is 0.355. The maximum Gasteiger partial charge on any atom is 0.0201 e. The van der Waals surface area contributed by atoms with E-state index in [1.165, 1.54) is 12.8 Å². The summed E-state index contributed by atoms with van der Waals surface area (Å²) in [6.45, 7) is 13.6. The van der Waals surface area contributed by atoms with Gasteiger partial charge in [0, 0.05) is 11.6 Å². The zero-order chi connectivity index (χ0) is 9.78. The van der Waals surface area contributed by atoms with Crippen LogP contribution in [0, 0.1) is 5.92 Å². The predicted octanol–water partition coefficient (Wildman–Crippen LogP) is 3.20. The topological polar surface area (TPSA) is 12.0 Å². The Balaban J connectivity index is 4.35. The summed E-state index contributed by atoms with van der Waals surface area (Å²) in [5.74, 6) is 0.717. The first-order chi connectivity index (χ1) is 5.48. The highest BCUT2D eigenvalue weighted by Gasteiger charge is 2.29. The van der Waals surface area contributed by atoms with Crippen molar-refractivity contribution >= 4 is 0 Å². The minimum Gasteiger partial charge on any atom is -0.309 e. The van der Waals surface area contributed by atoms with Gasteiger partial charge in [-0.2, -0.15) is 0 Å². The predicted molar refractivity (Wildman–Crippen MR) is 56.4 cm³/mol. The molecule has 0 amide bonds. The number of rotatable bonds is 5. The van der Waals surface area contributed by atoms with Gasteiger partial charge in [-0.1, -0.05) is 41.5 Å². The van der Waals surface area contributed by atoms with Gasteiger partial charge in [0.2, 0.25) is 0 Å². The van der Waals surface area contributed by atoms with E-state index in [1.807, 2.05) is 0 Å². The first-order valence-corrected chi connectivity index (χ1v) is 5.26. The fourth-order valence-electron chi connectivity index (χ4n) is 2.01. The van der Waals surface area contributed by atoms with Gasteiger partial charge < -0.3 is 5.32 Å². The quantitative estimate of drug-likeness (QED) is 0.670. The van der Waals surface area contributed by atoms with Crippen molar-refractivity contribution in [2.75, 3.05) is 0 Å². The lowest BCUT2D eigenvalue weighted by Gasteiger charge is -2.39. The number of hydrogen-bond donors (Lipinski definition) is 1. The molecule has 74 valence electrons. The molecule has 0 bridgehead atoms. The van der Waals surface area contributed by atoms with Gasteiger partial charge in [0.05, 0.1) is 0 Å². The van der Waals surface area contributed by atoms with Gasteiger partial charge in [-0.3, -0.25) is 0 Å². The lowest BCUT2D eigenvalue weighted by molar-refractivity contribution is 0.201. The highest BCUT2D eigenvalue weighted by molar-refractivity contribution is 4.89. The van der Waals surface area contributed by atoms with Gasteiger partial charge >= 0.3 is 0 Å². The first kappa shape index (κ1) is 12.0. The standard InChI is InChI=1S/C11H25N/c1-7-11(8-2,9(3)4)12-10(5)6/h9-10,12H,7-8H2,1-6H3. The third-order valence-corrected chi connectivity index (χ3v) is 2.94. The molecule has 0 heterocycles. The first-order valence-electron chi connectivity index (χ1n) is 5.26. The monoisotopic (exact) mass is 171 g/mol. The Morgan fingerprint density at radius 2 is 1.42 bits per heavy atom. The van der Waals surface area contributed by atoms with E-state index in [-0.39, 0.29) is 0 Å². The largest absolute Gasteiger partial charge is 0.309 e. The molecule has 0 fully saturated rings. The molecule has 0 aromatic heterocycles. The second-order valence-electron chi connectivity index (χ2n) is 4.32. The van der Waals surface area contributed by atoms with Gasteiger partial charge in [0.1, 0.15) is 0 Å². The Morgan fingerprint density at radius 1 is 1.00 bits per heavy atom. The van der Waals surface area contributed by atoms with E-state index in [4.69, 9.17) is 0 Å². The van der Waals surface area contributed by atoms with Crippen LogP contribution in [0.25, 0.3) is 0 Å². The lowest BCUT2D eigenvalue weighted by atomic mass is 9.81. The average Bonchev–Trinajstić information content (AvgIpc) is 1.99. The van der Waals surface area contributed by atoms with Crippen molar-refractivity contribution in [1.82, 2.24) is 5.32 Å². The van der Waals surface area contributed by atoms with Gasteiger partial charge in [0.15, 0.2) is 0 Å². The second-order valence-corrected chi connectivity index (χ2v) is 4.32. The molecule has 0 unspecified atom stereocenters. The minimum atomic E-state index is 0.355. The Kier molecular flexibility index (Phi) is 4.84. The molecule has 0 aromatic carbocycles. The molecule has 1 nitrogen and oxygen atoms in total. The lowest BCUT2D eigenvalue weighted by Crippen LogP contribution is -2.51. The van der Waals surface area contributed by atoms with Gasteiger partial charge in [-0.15, -0.1) is 0 Å². The Morgan fingerprint density at radius 3 is 1.50 bits per heavy atom. The summed E-state index contributed by atoms with van der Waals surface area (Å²) in [5, 5.41) is 3.69. The van der Waals surface area contributed by atoms with Crippen molar-refractivity contribution in [3.05, 3.63) is 0 Å². The molecule has 0 saturated carbocycles. The van der Waals surface area contributed by atoms with Crippen molar-refractivity contribution in [2.24, 2.45) is 5.92 Å². The summed E-state index contributed by atoms with van der Waals surface area (Å²) >= 11 is 0. The van der Waals surface area contributed by atoms with Crippen LogP contribution in [0.15, 0.2) is 0 Å². The average molecular weight is 171 g/mol. The van der Waals surface area contributed by atoms with Crippen molar-refractivity contribution in [2.45, 2.75) is 66.0 Å². The van der Waals surface area contributed by atoms with Crippen molar-refractivity contribution in [3.63, 3.8) is 0 Å². The van der Waals surface area contributed by atoms with E-state index in [0.717, 1.165) is 5.92 Å². The second kappa shape index (κ2) is 4.86. The molecular weight excluding hydrogens is 146 g/mol. The van der Waals surface area contributed by atoms with Crippen molar-refractivity contribution in [3.8, 4) is 0 Å². The molecule has 0 aliphatic rings. The highest BCUT2D eigenvalue weighted by Crippen LogP contribution is 2.25. The van der Waals surface area contributed by atoms with E-state index >= 15 is 0 Å². The van der Waals surface area contributed by atoms with Gasteiger partial charge in [-0.25, -0.2) is 0 Å². The van der Waals surface area contributed by atoms with E-state index in [2.05, 4.69) is 46.9 Å². The molecule has 0 aromatic rings. The van der Waals surface area contributed by atoms with Crippen molar-refractivity contribution in [1.29, 1.82) is 0 Å². The fourth-order valence-corrected chi connectivity index (χ4v) is 2.01. The Labute approximate surface area is 77.9 Å². The maximum absolute atomic E-state index is 3.69. The van der Waals surface area contributed by atoms with Crippen LogP contribution in [-0.4, -0.2) is 11.6 Å². The zero-order valence-electron chi connectivity index (χ0n) is 9.57. The number of hydrogen-bond acceptors (Lipinski definition) is 1. The summed E-state index contributed by atoms with van der Waals surface area (Å²) in [4.78, 5) is 0. The molecule has 1 N–H and O–H groups in total. The highest BCUT2D eigenvalue weighted by atomic mass is 15.0. The van der Waals surface area contributed by atoms with Crippen LogP contribution < -0.4 is 5.32 Å². The minimum absolute atomic E-state index is 0.355. The molecule has 0 radical (unpaired) electrons. The molecule has 0 saturated heterocycles. The number of nitrogens with one attached hydrogen (secondary N) is 1. The third-order valence-electron chi connectivity index (χ3n) is 2.94. The molecule has 1 heteroatoms. The summed E-state index contributed by atoms with van der Waals surface area (Å²) in [6, 6.07) is 0.590. The Bertz CT molecular complexity index is 112. The van der Waals surface area contributed by atoms with E-state index < -0.39 is 0 Å². The van der Waals surface area contributed by atoms with Gasteiger partial charge in [0.25, 0.3) is 0 Å². The fraction of sp³-hybridized carbons (Fsp3) is 1.00. The molecule has 0 aliphatic heterocycles. The smallest absolute Gasteiger partial charge is 0.0201 e. The van der Waals surface area contributed by atoms with Crippen molar-refractivity contribution < 1.29 is 0 Å². The van der Waals surface area contributed by atoms with Crippen LogP contribution >= 0.6 is 0 Å². The molecule has 0 spiro atoms. The van der Waals surface area contributed by atoms with Crippen LogP contribution in [0.5, 0.6) is 0 Å². The SMILES string of the molecule is CCC(CC)(NC(C)C)C(C)C.